The lowest BCUT2D eigenvalue weighted by atomic mass is 10.1. The summed E-state index contributed by atoms with van der Waals surface area (Å²) in [6, 6.07) is 0. The second-order valence-corrected chi connectivity index (χ2v) is 6.87. The number of hydrogen-bond donors (Lipinski definition) is 1. The fourth-order valence-corrected chi connectivity index (χ4v) is 2.81. The summed E-state index contributed by atoms with van der Waals surface area (Å²) < 4.78 is 0.510. The van der Waals surface area contributed by atoms with Gasteiger partial charge in [0.05, 0.1) is 4.43 Å². The molecule has 1 rings (SSSR count). The van der Waals surface area contributed by atoms with Gasteiger partial charge >= 0.3 is 5.97 Å². The SMILES string of the molecule is O=C(CI)NCCCCCCCCCCC(=O)ON1C(=O)CCC1=O. The van der Waals surface area contributed by atoms with E-state index in [0.717, 1.165) is 51.5 Å². The second kappa shape index (κ2) is 13.1. The van der Waals surface area contributed by atoms with Gasteiger partial charge < -0.3 is 10.2 Å². The van der Waals surface area contributed by atoms with Crippen LogP contribution in [-0.4, -0.2) is 39.7 Å². The monoisotopic (exact) mass is 466 g/mol. The number of carbonyl (C=O) groups excluding carboxylic acids is 4. The first kappa shape index (κ1) is 21.9. The van der Waals surface area contributed by atoms with E-state index in [1.165, 1.54) is 0 Å². The summed E-state index contributed by atoms with van der Waals surface area (Å²) in [6.07, 6.45) is 8.73. The number of halogens is 1. The van der Waals surface area contributed by atoms with Crippen LogP contribution >= 0.6 is 22.6 Å². The average Bonchev–Trinajstić information content (AvgIpc) is 2.91. The smallest absolute Gasteiger partial charge is 0.333 e. The molecule has 1 saturated heterocycles. The summed E-state index contributed by atoms with van der Waals surface area (Å²) in [5.41, 5.74) is 0. The zero-order valence-corrected chi connectivity index (χ0v) is 16.7. The number of rotatable bonds is 13. The van der Waals surface area contributed by atoms with Gasteiger partial charge in [0.2, 0.25) is 5.91 Å². The Morgan fingerprint density at radius 3 is 2.00 bits per heavy atom. The highest BCUT2D eigenvalue weighted by atomic mass is 127. The lowest BCUT2D eigenvalue weighted by molar-refractivity contribution is -0.197. The van der Waals surface area contributed by atoms with Crippen molar-refractivity contribution < 1.29 is 24.0 Å². The summed E-state index contributed by atoms with van der Waals surface area (Å²) in [4.78, 5) is 50.1. The average molecular weight is 466 g/mol. The van der Waals surface area contributed by atoms with Crippen LogP contribution < -0.4 is 5.32 Å². The van der Waals surface area contributed by atoms with Crippen LogP contribution in [0, 0.1) is 0 Å². The van der Waals surface area contributed by atoms with Crippen molar-refractivity contribution in [3.05, 3.63) is 0 Å². The minimum absolute atomic E-state index is 0.0950. The van der Waals surface area contributed by atoms with Crippen molar-refractivity contribution in [3.8, 4) is 0 Å². The van der Waals surface area contributed by atoms with E-state index < -0.39 is 17.8 Å². The van der Waals surface area contributed by atoms with Crippen molar-refractivity contribution in [2.24, 2.45) is 0 Å². The number of alkyl halides is 1. The summed E-state index contributed by atoms with van der Waals surface area (Å²) in [5.74, 6) is -1.30. The lowest BCUT2D eigenvalue weighted by Crippen LogP contribution is -2.31. The van der Waals surface area contributed by atoms with E-state index in [2.05, 4.69) is 5.32 Å². The molecule has 142 valence electrons. The maximum Gasteiger partial charge on any atom is 0.333 e. The molecule has 0 aromatic rings. The van der Waals surface area contributed by atoms with E-state index in [1.807, 2.05) is 22.6 Å². The predicted octanol–water partition coefficient (Wildman–Crippen LogP) is 2.66. The van der Waals surface area contributed by atoms with Crippen LogP contribution in [0.25, 0.3) is 0 Å². The van der Waals surface area contributed by atoms with Crippen molar-refractivity contribution in [2.45, 2.75) is 70.6 Å². The van der Waals surface area contributed by atoms with Crippen molar-refractivity contribution in [1.29, 1.82) is 0 Å². The fourth-order valence-electron chi connectivity index (χ4n) is 2.54. The van der Waals surface area contributed by atoms with Crippen LogP contribution in [0.5, 0.6) is 0 Å². The number of hydrogen-bond acceptors (Lipinski definition) is 5. The lowest BCUT2D eigenvalue weighted by Gasteiger charge is -2.12. The highest BCUT2D eigenvalue weighted by Gasteiger charge is 2.32. The minimum Gasteiger partial charge on any atom is -0.355 e. The molecule has 1 aliphatic rings. The molecule has 1 N–H and O–H groups in total. The molecule has 3 amide bonds. The van der Waals surface area contributed by atoms with Gasteiger partial charge in [-0.15, -0.1) is 5.06 Å². The summed E-state index contributed by atoms with van der Waals surface area (Å²) >= 11 is 2.05. The second-order valence-electron chi connectivity index (χ2n) is 6.11. The Morgan fingerprint density at radius 2 is 1.44 bits per heavy atom. The van der Waals surface area contributed by atoms with Crippen molar-refractivity contribution >= 4 is 46.3 Å². The van der Waals surface area contributed by atoms with Crippen LogP contribution in [0.4, 0.5) is 0 Å². The van der Waals surface area contributed by atoms with Gasteiger partial charge in [0.1, 0.15) is 0 Å². The van der Waals surface area contributed by atoms with Gasteiger partial charge in [-0.2, -0.15) is 0 Å². The molecule has 0 atom stereocenters. The molecule has 0 bridgehead atoms. The van der Waals surface area contributed by atoms with Gasteiger partial charge in [0, 0.05) is 25.8 Å². The molecule has 0 aromatic heterocycles. The summed E-state index contributed by atoms with van der Waals surface area (Å²) in [7, 11) is 0. The van der Waals surface area contributed by atoms with E-state index in [4.69, 9.17) is 4.84 Å². The van der Waals surface area contributed by atoms with Crippen molar-refractivity contribution in [2.75, 3.05) is 11.0 Å². The highest BCUT2D eigenvalue weighted by Crippen LogP contribution is 2.14. The number of imide groups is 1. The van der Waals surface area contributed by atoms with E-state index >= 15 is 0 Å². The number of amides is 3. The fraction of sp³-hybridized carbons (Fsp3) is 0.765. The normalized spacial score (nSPS) is 14.0. The Hall–Kier alpha value is -1.19. The van der Waals surface area contributed by atoms with Gasteiger partial charge in [-0.1, -0.05) is 61.1 Å². The first-order valence-electron chi connectivity index (χ1n) is 8.94. The molecule has 0 aliphatic carbocycles. The number of unbranched alkanes of at least 4 members (excludes halogenated alkanes) is 7. The number of nitrogens with zero attached hydrogens (tertiary/aromatic N) is 1. The first-order valence-corrected chi connectivity index (χ1v) is 10.5. The number of hydroxylamine groups is 2. The molecule has 1 heterocycles. The zero-order valence-electron chi connectivity index (χ0n) is 14.6. The van der Waals surface area contributed by atoms with Crippen LogP contribution in [0.2, 0.25) is 0 Å². The molecule has 1 fully saturated rings. The van der Waals surface area contributed by atoms with E-state index in [9.17, 15) is 19.2 Å². The summed E-state index contributed by atoms with van der Waals surface area (Å²) in [5, 5.41) is 3.46. The van der Waals surface area contributed by atoms with Gasteiger partial charge in [0.15, 0.2) is 0 Å². The zero-order chi connectivity index (χ0) is 18.5. The van der Waals surface area contributed by atoms with Crippen LogP contribution in [0.1, 0.15) is 70.6 Å². The Labute approximate surface area is 162 Å². The van der Waals surface area contributed by atoms with Crippen LogP contribution in [0.3, 0.4) is 0 Å². The van der Waals surface area contributed by atoms with Crippen molar-refractivity contribution in [1.82, 2.24) is 10.4 Å². The molecular weight excluding hydrogens is 439 g/mol. The standard InChI is InChI=1S/C17H27IN2O5/c18-13-14(21)19-12-8-6-4-2-1-3-5-7-9-17(24)25-20-15(22)10-11-16(20)23/h1-13H2,(H,19,21). The van der Waals surface area contributed by atoms with Crippen LogP contribution in [-0.2, 0) is 24.0 Å². The molecule has 0 unspecified atom stereocenters. The topological polar surface area (TPSA) is 92.8 Å². The van der Waals surface area contributed by atoms with Crippen molar-refractivity contribution in [3.63, 3.8) is 0 Å². The molecule has 0 spiro atoms. The third-order valence-corrected chi connectivity index (χ3v) is 4.64. The maximum atomic E-state index is 11.6. The summed E-state index contributed by atoms with van der Waals surface area (Å²) in [6.45, 7) is 0.756. The van der Waals surface area contributed by atoms with Crippen LogP contribution in [0.15, 0.2) is 0 Å². The van der Waals surface area contributed by atoms with Gasteiger partial charge in [-0.25, -0.2) is 4.79 Å². The molecular formula is C17H27IN2O5. The molecule has 0 saturated carbocycles. The molecule has 1 aliphatic heterocycles. The Kier molecular flexibility index (Phi) is 11.4. The first-order chi connectivity index (χ1) is 12.0. The van der Waals surface area contributed by atoms with E-state index in [-0.39, 0.29) is 25.2 Å². The maximum absolute atomic E-state index is 11.6. The number of carbonyl (C=O) groups is 4. The molecule has 25 heavy (non-hydrogen) atoms. The van der Waals surface area contributed by atoms with Gasteiger partial charge in [0.25, 0.3) is 11.8 Å². The van der Waals surface area contributed by atoms with E-state index in [1.54, 1.807) is 0 Å². The number of nitrogens with one attached hydrogen (secondary N) is 1. The van der Waals surface area contributed by atoms with Gasteiger partial charge in [-0.3, -0.25) is 14.4 Å². The Morgan fingerprint density at radius 1 is 0.920 bits per heavy atom. The highest BCUT2D eigenvalue weighted by molar-refractivity contribution is 14.1. The van der Waals surface area contributed by atoms with Gasteiger partial charge in [-0.05, 0) is 12.8 Å². The Bertz CT molecular complexity index is 454. The predicted molar refractivity (Wildman–Crippen MR) is 101 cm³/mol. The largest absolute Gasteiger partial charge is 0.355 e. The molecule has 8 heteroatoms. The third-order valence-electron chi connectivity index (χ3n) is 3.95. The molecule has 0 aromatic carbocycles. The Balaban J connectivity index is 1.88. The quantitative estimate of drug-likeness (QED) is 0.195. The molecule has 7 nitrogen and oxygen atoms in total. The van der Waals surface area contributed by atoms with E-state index in [0.29, 0.717) is 15.9 Å². The minimum atomic E-state index is -0.517. The third kappa shape index (κ3) is 9.76. The molecule has 0 radical (unpaired) electrons.